The van der Waals surface area contributed by atoms with Crippen LogP contribution in [0.3, 0.4) is 0 Å². The Bertz CT molecular complexity index is 2090. The quantitative estimate of drug-likeness (QED) is 0.180. The minimum Gasteiger partial charge on any atom is -0.458 e. The zero-order chi connectivity index (χ0) is 25.0. The van der Waals surface area contributed by atoms with Crippen LogP contribution < -0.4 is 25.9 Å². The van der Waals surface area contributed by atoms with E-state index in [1.807, 2.05) is 6.07 Å². The van der Waals surface area contributed by atoms with Crippen molar-refractivity contribution in [2.75, 3.05) is 0 Å². The summed E-state index contributed by atoms with van der Waals surface area (Å²) in [7, 11) is 0. The second-order valence-electron chi connectivity index (χ2n) is 10.5. The highest BCUT2D eigenvalue weighted by Crippen LogP contribution is 2.45. The first-order valence-corrected chi connectivity index (χ1v) is 13.1. The summed E-state index contributed by atoms with van der Waals surface area (Å²) in [6, 6.07) is 39.3. The Morgan fingerprint density at radius 3 is 2.16 bits per heavy atom. The van der Waals surface area contributed by atoms with E-state index in [0.717, 1.165) is 34.0 Å². The fourth-order valence-corrected chi connectivity index (χ4v) is 6.72. The molecule has 2 nitrogen and oxygen atoms in total. The molecule has 0 bridgehead atoms. The number of hydrogen-bond acceptors (Lipinski definition) is 2. The summed E-state index contributed by atoms with van der Waals surface area (Å²) in [5.74, 6) is 3.61. The van der Waals surface area contributed by atoms with Crippen LogP contribution in [0.5, 0.6) is 23.0 Å². The van der Waals surface area contributed by atoms with Crippen LogP contribution in [0.15, 0.2) is 109 Å². The monoisotopic (exact) mass is 484 g/mol. The van der Waals surface area contributed by atoms with Crippen LogP contribution in [0.4, 0.5) is 0 Å². The molecule has 0 aromatic heterocycles. The summed E-state index contributed by atoms with van der Waals surface area (Å²) in [6.45, 7) is 2.18. The minimum absolute atomic E-state index is 0.0639. The maximum absolute atomic E-state index is 6.82. The third-order valence-electron chi connectivity index (χ3n) is 8.41. The van der Waals surface area contributed by atoms with Crippen LogP contribution in [0.2, 0.25) is 0 Å². The molecule has 3 heteroatoms. The van der Waals surface area contributed by atoms with Crippen molar-refractivity contribution in [3.8, 4) is 34.1 Å². The molecule has 7 aromatic carbocycles. The van der Waals surface area contributed by atoms with Crippen molar-refractivity contribution in [3.05, 3.63) is 115 Å². The van der Waals surface area contributed by atoms with Gasteiger partial charge in [0.1, 0.15) is 23.0 Å². The van der Waals surface area contributed by atoms with E-state index in [9.17, 15) is 0 Å². The maximum atomic E-state index is 6.82. The number of benzene rings is 7. The highest BCUT2D eigenvalue weighted by atomic mass is 16.5. The molecule has 2 aliphatic rings. The summed E-state index contributed by atoms with van der Waals surface area (Å²) in [6.07, 6.45) is 0. The predicted octanol–water partition coefficient (Wildman–Crippen LogP) is 7.29. The largest absolute Gasteiger partial charge is 0.458 e. The lowest BCUT2D eigenvalue weighted by molar-refractivity contribution is 0.465. The van der Waals surface area contributed by atoms with Crippen molar-refractivity contribution >= 4 is 55.4 Å². The van der Waals surface area contributed by atoms with E-state index in [1.54, 1.807) is 0 Å². The Balaban J connectivity index is 1.37. The molecule has 0 aliphatic carbocycles. The van der Waals surface area contributed by atoms with Gasteiger partial charge in [0.25, 0.3) is 6.71 Å². The third kappa shape index (κ3) is 2.58. The zero-order valence-electron chi connectivity index (χ0n) is 20.8. The summed E-state index contributed by atoms with van der Waals surface area (Å²) in [5, 5.41) is 7.69. The van der Waals surface area contributed by atoms with Crippen LogP contribution in [0.25, 0.3) is 43.4 Å². The molecule has 0 saturated carbocycles. The Labute approximate surface area is 220 Å². The van der Waals surface area contributed by atoms with Crippen molar-refractivity contribution in [3.63, 3.8) is 0 Å². The van der Waals surface area contributed by atoms with Gasteiger partial charge in [0.05, 0.1) is 0 Å². The van der Waals surface area contributed by atoms with Crippen molar-refractivity contribution in [2.24, 2.45) is 0 Å². The molecule has 0 amide bonds. The molecule has 2 aliphatic heterocycles. The topological polar surface area (TPSA) is 18.5 Å². The van der Waals surface area contributed by atoms with E-state index in [2.05, 4.69) is 110 Å². The number of ether oxygens (including phenoxy) is 2. The SMILES string of the molecule is Cc1ccc2c(c1)Oc1c(-c3ccc4ccc5cccc6ccc3c4c56)ccc3c1B2c1ccccc1O3. The predicted molar refractivity (Wildman–Crippen MR) is 158 cm³/mol. The molecule has 2 heterocycles. The molecule has 176 valence electrons. The Hall–Kier alpha value is -4.76. The molecule has 0 atom stereocenters. The van der Waals surface area contributed by atoms with Crippen LogP contribution in [-0.4, -0.2) is 6.71 Å². The number of fused-ring (bicyclic) bond motifs is 4. The summed E-state index contributed by atoms with van der Waals surface area (Å²) in [4.78, 5) is 0. The van der Waals surface area contributed by atoms with Gasteiger partial charge in [-0.15, -0.1) is 0 Å². The summed E-state index contributed by atoms with van der Waals surface area (Å²) in [5.41, 5.74) is 6.95. The number of hydrogen-bond donors (Lipinski definition) is 0. The van der Waals surface area contributed by atoms with Gasteiger partial charge in [0.2, 0.25) is 0 Å². The lowest BCUT2D eigenvalue weighted by atomic mass is 9.34. The van der Waals surface area contributed by atoms with E-state index < -0.39 is 0 Å². The van der Waals surface area contributed by atoms with E-state index in [4.69, 9.17) is 9.47 Å². The standard InChI is InChI=1S/C35H21BO2/c1-20-9-17-28-31(19-20)38-35-26(16-18-30-34(35)36(28)27-7-2-3-8-29(27)37-30)24-14-12-23-11-10-21-5-4-6-22-13-15-25(24)33(23)32(21)22/h2-19H,1H3. The first-order valence-electron chi connectivity index (χ1n) is 13.1. The van der Waals surface area contributed by atoms with Gasteiger partial charge < -0.3 is 9.47 Å². The van der Waals surface area contributed by atoms with E-state index in [0.29, 0.717) is 0 Å². The second-order valence-corrected chi connectivity index (χ2v) is 10.5. The highest BCUT2D eigenvalue weighted by molar-refractivity contribution is 6.98. The molecule has 0 N–H and O–H groups in total. The molecule has 0 spiro atoms. The van der Waals surface area contributed by atoms with E-state index >= 15 is 0 Å². The zero-order valence-corrected chi connectivity index (χ0v) is 20.8. The molecule has 0 radical (unpaired) electrons. The van der Waals surface area contributed by atoms with Crippen molar-refractivity contribution < 1.29 is 9.47 Å². The lowest BCUT2D eigenvalue weighted by Gasteiger charge is -2.34. The fourth-order valence-electron chi connectivity index (χ4n) is 6.72. The van der Waals surface area contributed by atoms with Crippen molar-refractivity contribution in [2.45, 2.75) is 6.92 Å². The summed E-state index contributed by atoms with van der Waals surface area (Å²) < 4.78 is 13.3. The van der Waals surface area contributed by atoms with Crippen LogP contribution in [-0.2, 0) is 0 Å². The van der Waals surface area contributed by atoms with Crippen LogP contribution in [0, 0.1) is 6.92 Å². The van der Waals surface area contributed by atoms with Gasteiger partial charge in [0.15, 0.2) is 0 Å². The molecular weight excluding hydrogens is 463 g/mol. The van der Waals surface area contributed by atoms with Gasteiger partial charge in [0, 0.05) is 11.0 Å². The average molecular weight is 484 g/mol. The van der Waals surface area contributed by atoms with Gasteiger partial charge in [-0.05, 0) is 85.6 Å². The van der Waals surface area contributed by atoms with Gasteiger partial charge in [-0.25, -0.2) is 0 Å². The minimum atomic E-state index is 0.0639. The second kappa shape index (κ2) is 7.17. The molecule has 38 heavy (non-hydrogen) atoms. The van der Waals surface area contributed by atoms with E-state index in [-0.39, 0.29) is 6.71 Å². The lowest BCUT2D eigenvalue weighted by Crippen LogP contribution is -2.57. The van der Waals surface area contributed by atoms with Gasteiger partial charge in [-0.3, -0.25) is 0 Å². The third-order valence-corrected chi connectivity index (χ3v) is 8.41. The molecule has 9 rings (SSSR count). The average Bonchev–Trinajstić information content (AvgIpc) is 2.96. The fraction of sp³-hybridized carbons (Fsp3) is 0.0286. The molecular formula is C35H21BO2. The molecule has 0 saturated heterocycles. The van der Waals surface area contributed by atoms with E-state index in [1.165, 1.54) is 54.4 Å². The van der Waals surface area contributed by atoms with Crippen LogP contribution in [0.1, 0.15) is 5.56 Å². The molecule has 7 aromatic rings. The van der Waals surface area contributed by atoms with Gasteiger partial charge in [-0.1, -0.05) is 84.9 Å². The Morgan fingerprint density at radius 2 is 1.26 bits per heavy atom. The molecule has 0 fully saturated rings. The molecule has 0 unspecified atom stereocenters. The maximum Gasteiger partial charge on any atom is 0.260 e. The first kappa shape index (κ1) is 20.3. The number of rotatable bonds is 1. The number of para-hydroxylation sites is 1. The van der Waals surface area contributed by atoms with Gasteiger partial charge >= 0.3 is 0 Å². The highest BCUT2D eigenvalue weighted by Gasteiger charge is 2.41. The summed E-state index contributed by atoms with van der Waals surface area (Å²) >= 11 is 0. The van der Waals surface area contributed by atoms with Crippen LogP contribution >= 0.6 is 0 Å². The first-order chi connectivity index (χ1) is 18.7. The number of aryl methyl sites for hydroxylation is 1. The Morgan fingerprint density at radius 1 is 0.526 bits per heavy atom. The smallest absolute Gasteiger partial charge is 0.260 e. The normalized spacial score (nSPS) is 13.2. The van der Waals surface area contributed by atoms with Gasteiger partial charge in [-0.2, -0.15) is 0 Å². The van der Waals surface area contributed by atoms with Crippen molar-refractivity contribution in [1.82, 2.24) is 0 Å². The van der Waals surface area contributed by atoms with Crippen molar-refractivity contribution in [1.29, 1.82) is 0 Å². The Kier molecular flexibility index (Phi) is 3.84.